The van der Waals surface area contributed by atoms with Crippen LogP contribution in [0.5, 0.6) is 0 Å². The van der Waals surface area contributed by atoms with E-state index in [0.717, 1.165) is 13.1 Å². The molecule has 3 heteroatoms. The Morgan fingerprint density at radius 1 is 1.47 bits per heavy atom. The van der Waals surface area contributed by atoms with Gasteiger partial charge in [-0.15, -0.1) is 11.3 Å². The molecule has 0 spiro atoms. The summed E-state index contributed by atoms with van der Waals surface area (Å²) in [5, 5.41) is 5.70. The van der Waals surface area contributed by atoms with Crippen molar-refractivity contribution in [3.63, 3.8) is 0 Å². The fourth-order valence-electron chi connectivity index (χ4n) is 2.58. The second-order valence-electron chi connectivity index (χ2n) is 5.95. The first-order valence-electron chi connectivity index (χ1n) is 6.54. The summed E-state index contributed by atoms with van der Waals surface area (Å²) in [6, 6.07) is 5.06. The van der Waals surface area contributed by atoms with Crippen LogP contribution in [0.15, 0.2) is 17.5 Å². The second-order valence-corrected chi connectivity index (χ2v) is 6.98. The lowest BCUT2D eigenvalue weighted by Gasteiger charge is -2.43. The summed E-state index contributed by atoms with van der Waals surface area (Å²) < 4.78 is 0. The Balaban J connectivity index is 1.92. The Labute approximate surface area is 109 Å². The van der Waals surface area contributed by atoms with Crippen LogP contribution in [0.1, 0.15) is 25.6 Å². The fourth-order valence-corrected chi connectivity index (χ4v) is 3.27. The number of nitrogens with one attached hydrogen (secondary N) is 1. The van der Waals surface area contributed by atoms with Crippen molar-refractivity contribution in [3.8, 4) is 0 Å². The third kappa shape index (κ3) is 3.54. The number of hydrogen-bond donors (Lipinski definition) is 1. The van der Waals surface area contributed by atoms with Crippen LogP contribution < -0.4 is 5.32 Å². The summed E-state index contributed by atoms with van der Waals surface area (Å²) in [5.74, 6) is 0. The minimum absolute atomic E-state index is 0.364. The average molecular weight is 252 g/mol. The van der Waals surface area contributed by atoms with Gasteiger partial charge in [0, 0.05) is 37.1 Å². The number of piperazine rings is 1. The van der Waals surface area contributed by atoms with Gasteiger partial charge < -0.3 is 5.32 Å². The highest BCUT2D eigenvalue weighted by atomic mass is 32.1. The van der Waals surface area contributed by atoms with E-state index in [1.807, 2.05) is 11.3 Å². The van der Waals surface area contributed by atoms with E-state index in [1.54, 1.807) is 0 Å². The van der Waals surface area contributed by atoms with Crippen LogP contribution in [0.4, 0.5) is 0 Å². The van der Waals surface area contributed by atoms with Crippen LogP contribution in [-0.4, -0.2) is 37.1 Å². The largest absolute Gasteiger partial charge is 0.314 e. The Bertz CT molecular complexity index is 326. The van der Waals surface area contributed by atoms with E-state index in [2.05, 4.69) is 48.5 Å². The zero-order valence-electron chi connectivity index (χ0n) is 11.2. The van der Waals surface area contributed by atoms with E-state index in [-0.39, 0.29) is 0 Å². The van der Waals surface area contributed by atoms with Crippen LogP contribution in [0.2, 0.25) is 0 Å². The van der Waals surface area contributed by atoms with Gasteiger partial charge >= 0.3 is 0 Å². The molecule has 1 atom stereocenters. The van der Waals surface area contributed by atoms with Crippen molar-refractivity contribution < 1.29 is 0 Å². The first-order valence-corrected chi connectivity index (χ1v) is 7.42. The van der Waals surface area contributed by atoms with Gasteiger partial charge in [0.2, 0.25) is 0 Å². The van der Waals surface area contributed by atoms with Crippen LogP contribution in [0.3, 0.4) is 0 Å². The van der Waals surface area contributed by atoms with Crippen molar-refractivity contribution >= 4 is 11.3 Å². The molecule has 1 saturated heterocycles. The summed E-state index contributed by atoms with van der Waals surface area (Å²) in [6.45, 7) is 11.7. The molecule has 2 rings (SSSR count). The lowest BCUT2D eigenvalue weighted by molar-refractivity contribution is 0.0768. The van der Waals surface area contributed by atoms with Gasteiger partial charge in [-0.3, -0.25) is 4.90 Å². The van der Waals surface area contributed by atoms with Gasteiger partial charge in [0.05, 0.1) is 0 Å². The third-order valence-corrected chi connectivity index (χ3v) is 4.52. The molecule has 0 radical (unpaired) electrons. The van der Waals surface area contributed by atoms with Crippen molar-refractivity contribution in [2.75, 3.05) is 26.2 Å². The Morgan fingerprint density at radius 2 is 2.29 bits per heavy atom. The molecule has 1 aromatic heterocycles. The van der Waals surface area contributed by atoms with E-state index >= 15 is 0 Å². The highest BCUT2D eigenvalue weighted by Crippen LogP contribution is 2.25. The summed E-state index contributed by atoms with van der Waals surface area (Å²) >= 11 is 1.88. The molecule has 1 fully saturated rings. The Kier molecular flexibility index (Phi) is 4.23. The van der Waals surface area contributed by atoms with E-state index < -0.39 is 0 Å². The fraction of sp³-hybridized carbons (Fsp3) is 0.714. The molecule has 1 aliphatic heterocycles. The molecule has 2 nitrogen and oxygen atoms in total. The maximum absolute atomic E-state index is 3.53. The van der Waals surface area contributed by atoms with Crippen molar-refractivity contribution in [2.45, 2.75) is 33.2 Å². The van der Waals surface area contributed by atoms with Crippen molar-refractivity contribution in [1.29, 1.82) is 0 Å². The molecule has 0 aliphatic carbocycles. The molecule has 0 aromatic carbocycles. The van der Waals surface area contributed by atoms with Crippen LogP contribution in [-0.2, 0) is 6.42 Å². The van der Waals surface area contributed by atoms with Gasteiger partial charge in [-0.25, -0.2) is 0 Å². The average Bonchev–Trinajstić information content (AvgIpc) is 2.78. The smallest absolute Gasteiger partial charge is 0.0269 e. The normalized spacial score (nSPS) is 22.9. The highest BCUT2D eigenvalue weighted by molar-refractivity contribution is 7.09. The molecule has 1 unspecified atom stereocenters. The molecule has 96 valence electrons. The minimum Gasteiger partial charge on any atom is -0.314 e. The van der Waals surface area contributed by atoms with Crippen molar-refractivity contribution in [2.24, 2.45) is 5.41 Å². The molecule has 1 N–H and O–H groups in total. The van der Waals surface area contributed by atoms with E-state index in [4.69, 9.17) is 0 Å². The van der Waals surface area contributed by atoms with E-state index in [1.165, 1.54) is 24.4 Å². The van der Waals surface area contributed by atoms with Crippen molar-refractivity contribution in [3.05, 3.63) is 22.4 Å². The maximum Gasteiger partial charge on any atom is 0.0269 e. The minimum atomic E-state index is 0.364. The second kappa shape index (κ2) is 5.51. The summed E-state index contributed by atoms with van der Waals surface area (Å²) in [4.78, 5) is 4.17. The quantitative estimate of drug-likeness (QED) is 0.889. The summed E-state index contributed by atoms with van der Waals surface area (Å²) in [7, 11) is 0. The van der Waals surface area contributed by atoms with Gasteiger partial charge in [-0.1, -0.05) is 26.8 Å². The molecular formula is C14H24N2S. The number of thiophene rings is 1. The predicted octanol–water partition coefficient (Wildman–Crippen LogP) is 2.61. The van der Waals surface area contributed by atoms with E-state index in [0.29, 0.717) is 11.5 Å². The molecular weight excluding hydrogens is 228 g/mol. The zero-order valence-corrected chi connectivity index (χ0v) is 12.0. The SMILES string of the molecule is CC(C)(C)C1CNCCN1CCc1cccs1. The Hall–Kier alpha value is -0.380. The standard InChI is InChI=1S/C14H24N2S/c1-14(2,3)13-11-15-7-9-16(13)8-6-12-5-4-10-17-12/h4-5,10,13,15H,6-9,11H2,1-3H3. The lowest BCUT2D eigenvalue weighted by atomic mass is 9.84. The molecule has 0 amide bonds. The molecule has 0 bridgehead atoms. The number of nitrogens with zero attached hydrogens (tertiary/aromatic N) is 1. The Morgan fingerprint density at radius 3 is 2.94 bits per heavy atom. The zero-order chi connectivity index (χ0) is 12.3. The summed E-state index contributed by atoms with van der Waals surface area (Å²) in [6.07, 6.45) is 1.20. The number of hydrogen-bond acceptors (Lipinski definition) is 3. The van der Waals surface area contributed by atoms with Gasteiger partial charge in [-0.2, -0.15) is 0 Å². The maximum atomic E-state index is 3.53. The van der Waals surface area contributed by atoms with E-state index in [9.17, 15) is 0 Å². The topological polar surface area (TPSA) is 15.3 Å². The van der Waals surface area contributed by atoms with Gasteiger partial charge in [0.1, 0.15) is 0 Å². The molecule has 0 saturated carbocycles. The lowest BCUT2D eigenvalue weighted by Crippen LogP contribution is -2.56. The molecule has 2 heterocycles. The van der Waals surface area contributed by atoms with Gasteiger partial charge in [0.15, 0.2) is 0 Å². The first kappa shape index (κ1) is 13.1. The monoisotopic (exact) mass is 252 g/mol. The molecule has 17 heavy (non-hydrogen) atoms. The first-order chi connectivity index (χ1) is 8.07. The molecule has 1 aromatic rings. The van der Waals surface area contributed by atoms with Gasteiger partial charge in [0.25, 0.3) is 0 Å². The van der Waals surface area contributed by atoms with Crippen LogP contribution >= 0.6 is 11.3 Å². The molecule has 1 aliphatic rings. The van der Waals surface area contributed by atoms with Gasteiger partial charge in [-0.05, 0) is 23.3 Å². The highest BCUT2D eigenvalue weighted by Gasteiger charge is 2.31. The number of rotatable bonds is 3. The third-order valence-electron chi connectivity index (χ3n) is 3.58. The summed E-state index contributed by atoms with van der Waals surface area (Å²) in [5.41, 5.74) is 0.364. The van der Waals surface area contributed by atoms with Crippen LogP contribution in [0.25, 0.3) is 0 Å². The van der Waals surface area contributed by atoms with Crippen LogP contribution in [0, 0.1) is 5.41 Å². The van der Waals surface area contributed by atoms with Crippen molar-refractivity contribution in [1.82, 2.24) is 10.2 Å². The predicted molar refractivity (Wildman–Crippen MR) is 75.7 cm³/mol.